The summed E-state index contributed by atoms with van der Waals surface area (Å²) in [4.78, 5) is 0. The van der Waals surface area contributed by atoms with E-state index >= 15 is 0 Å². The third-order valence-corrected chi connectivity index (χ3v) is 2.44. The summed E-state index contributed by atoms with van der Waals surface area (Å²) < 4.78 is 21.4. The highest BCUT2D eigenvalue weighted by Crippen LogP contribution is 2.27. The molecule has 1 aromatic carbocycles. The molecule has 0 radical (unpaired) electrons. The van der Waals surface area contributed by atoms with E-state index in [1.54, 1.807) is 7.11 Å². The molecule has 0 spiro atoms. The molecule has 0 atom stereocenters. The van der Waals surface area contributed by atoms with E-state index in [1.807, 2.05) is 25.1 Å². The minimum Gasteiger partial charge on any atom is -0.493 e. The van der Waals surface area contributed by atoms with E-state index in [4.69, 9.17) is 24.7 Å². The highest BCUT2D eigenvalue weighted by Gasteiger charge is 2.03. The topological polar surface area (TPSA) is 62.9 Å². The highest BCUT2D eigenvalue weighted by atomic mass is 16.5. The number of hydrogen-bond acceptors (Lipinski definition) is 5. The molecule has 0 heterocycles. The molecule has 1 rings (SSSR count). The summed E-state index contributed by atoms with van der Waals surface area (Å²) in [6.45, 7) is 5.23. The van der Waals surface area contributed by atoms with Crippen molar-refractivity contribution in [3.63, 3.8) is 0 Å². The standard InChI is InChI=1S/C14H23NO4/c1-12-3-4-13(14(11-12)16-2)19-10-9-18-8-7-17-6-5-15/h3-4,11H,5-10,15H2,1-2H3. The van der Waals surface area contributed by atoms with Gasteiger partial charge in [0.1, 0.15) is 6.61 Å². The Morgan fingerprint density at radius 3 is 2.32 bits per heavy atom. The lowest BCUT2D eigenvalue weighted by molar-refractivity contribution is 0.0385. The van der Waals surface area contributed by atoms with Crippen LogP contribution in [0.5, 0.6) is 11.5 Å². The van der Waals surface area contributed by atoms with Crippen molar-refractivity contribution >= 4 is 0 Å². The van der Waals surface area contributed by atoms with Crippen LogP contribution in [0.3, 0.4) is 0 Å². The molecule has 1 aromatic rings. The van der Waals surface area contributed by atoms with Crippen molar-refractivity contribution in [2.45, 2.75) is 6.92 Å². The monoisotopic (exact) mass is 269 g/mol. The fourth-order valence-electron chi connectivity index (χ4n) is 1.51. The van der Waals surface area contributed by atoms with E-state index in [2.05, 4.69) is 0 Å². The number of nitrogens with two attached hydrogens (primary N) is 1. The van der Waals surface area contributed by atoms with Crippen molar-refractivity contribution in [1.29, 1.82) is 0 Å². The van der Waals surface area contributed by atoms with Crippen LogP contribution < -0.4 is 15.2 Å². The summed E-state index contributed by atoms with van der Waals surface area (Å²) in [5, 5.41) is 0. The van der Waals surface area contributed by atoms with Crippen molar-refractivity contribution in [2.75, 3.05) is 46.7 Å². The Labute approximate surface area is 114 Å². The van der Waals surface area contributed by atoms with Crippen LogP contribution in [0.2, 0.25) is 0 Å². The van der Waals surface area contributed by atoms with Crippen LogP contribution in [0.25, 0.3) is 0 Å². The van der Waals surface area contributed by atoms with Crippen molar-refractivity contribution in [3.8, 4) is 11.5 Å². The van der Waals surface area contributed by atoms with Gasteiger partial charge in [0, 0.05) is 6.54 Å². The van der Waals surface area contributed by atoms with Crippen LogP contribution in [0, 0.1) is 6.92 Å². The minimum atomic E-state index is 0.482. The van der Waals surface area contributed by atoms with Crippen LogP contribution in [0.15, 0.2) is 18.2 Å². The first kappa shape index (κ1) is 15.8. The van der Waals surface area contributed by atoms with E-state index in [1.165, 1.54) is 0 Å². The quantitative estimate of drug-likeness (QED) is 0.650. The van der Waals surface area contributed by atoms with Gasteiger partial charge in [-0.05, 0) is 24.6 Å². The Bertz CT molecular complexity index is 357. The van der Waals surface area contributed by atoms with Crippen LogP contribution >= 0.6 is 0 Å². The molecule has 0 aromatic heterocycles. The lowest BCUT2D eigenvalue weighted by atomic mass is 10.2. The second kappa shape index (κ2) is 9.61. The zero-order chi connectivity index (χ0) is 13.9. The van der Waals surface area contributed by atoms with E-state index in [0.29, 0.717) is 39.6 Å². The van der Waals surface area contributed by atoms with Gasteiger partial charge >= 0.3 is 0 Å². The molecule has 5 nitrogen and oxygen atoms in total. The Balaban J connectivity index is 2.15. The van der Waals surface area contributed by atoms with Gasteiger partial charge in [-0.2, -0.15) is 0 Å². The van der Waals surface area contributed by atoms with Gasteiger partial charge in [-0.3, -0.25) is 0 Å². The second-order valence-electron chi connectivity index (χ2n) is 4.02. The molecular formula is C14H23NO4. The van der Waals surface area contributed by atoms with Gasteiger partial charge in [0.25, 0.3) is 0 Å². The van der Waals surface area contributed by atoms with Crippen LogP contribution in [0.1, 0.15) is 5.56 Å². The van der Waals surface area contributed by atoms with Gasteiger partial charge in [-0.15, -0.1) is 0 Å². The first-order chi connectivity index (χ1) is 9.27. The van der Waals surface area contributed by atoms with Crippen molar-refractivity contribution in [3.05, 3.63) is 23.8 Å². The number of hydrogen-bond donors (Lipinski definition) is 1. The summed E-state index contributed by atoms with van der Waals surface area (Å²) in [5.74, 6) is 1.47. The molecule has 0 aliphatic carbocycles. The van der Waals surface area contributed by atoms with E-state index in [9.17, 15) is 0 Å². The Morgan fingerprint density at radius 1 is 0.947 bits per heavy atom. The molecule has 2 N–H and O–H groups in total. The zero-order valence-electron chi connectivity index (χ0n) is 11.7. The SMILES string of the molecule is COc1cc(C)ccc1OCCOCCOCCN. The number of methoxy groups -OCH3 is 1. The fraction of sp³-hybridized carbons (Fsp3) is 0.571. The average Bonchev–Trinajstić information content (AvgIpc) is 2.43. The van der Waals surface area contributed by atoms with Crippen molar-refractivity contribution in [1.82, 2.24) is 0 Å². The predicted molar refractivity (Wildman–Crippen MR) is 73.9 cm³/mol. The van der Waals surface area contributed by atoms with Gasteiger partial charge < -0.3 is 24.7 Å². The molecule has 0 saturated carbocycles. The number of rotatable bonds is 10. The Hall–Kier alpha value is -1.30. The molecule has 108 valence electrons. The van der Waals surface area contributed by atoms with Gasteiger partial charge in [0.05, 0.1) is 33.5 Å². The molecule has 0 fully saturated rings. The maximum absolute atomic E-state index is 5.60. The molecule has 0 saturated heterocycles. The lowest BCUT2D eigenvalue weighted by Crippen LogP contribution is -2.14. The third kappa shape index (κ3) is 6.42. The maximum atomic E-state index is 5.60. The molecule has 0 aliphatic heterocycles. The van der Waals surface area contributed by atoms with E-state index in [0.717, 1.165) is 17.1 Å². The maximum Gasteiger partial charge on any atom is 0.161 e. The number of benzene rings is 1. The first-order valence-corrected chi connectivity index (χ1v) is 6.41. The smallest absolute Gasteiger partial charge is 0.161 e. The average molecular weight is 269 g/mol. The van der Waals surface area contributed by atoms with E-state index in [-0.39, 0.29) is 0 Å². The van der Waals surface area contributed by atoms with Crippen molar-refractivity contribution in [2.24, 2.45) is 5.73 Å². The Kier molecular flexibility index (Phi) is 7.97. The summed E-state index contributed by atoms with van der Waals surface area (Å²) in [6, 6.07) is 5.83. The van der Waals surface area contributed by atoms with Gasteiger partial charge in [-0.25, -0.2) is 0 Å². The fourth-order valence-corrected chi connectivity index (χ4v) is 1.51. The summed E-state index contributed by atoms with van der Waals surface area (Å²) in [5.41, 5.74) is 6.43. The third-order valence-electron chi connectivity index (χ3n) is 2.44. The van der Waals surface area contributed by atoms with Gasteiger partial charge in [0.2, 0.25) is 0 Å². The van der Waals surface area contributed by atoms with Crippen molar-refractivity contribution < 1.29 is 18.9 Å². The van der Waals surface area contributed by atoms with Gasteiger partial charge in [0.15, 0.2) is 11.5 Å². The van der Waals surface area contributed by atoms with E-state index < -0.39 is 0 Å². The predicted octanol–water partition coefficient (Wildman–Crippen LogP) is 1.37. The largest absolute Gasteiger partial charge is 0.493 e. The molecule has 0 amide bonds. The molecule has 0 unspecified atom stereocenters. The lowest BCUT2D eigenvalue weighted by Gasteiger charge is -2.11. The molecule has 5 heteroatoms. The molecule has 19 heavy (non-hydrogen) atoms. The molecule has 0 aliphatic rings. The zero-order valence-corrected chi connectivity index (χ0v) is 11.7. The first-order valence-electron chi connectivity index (χ1n) is 6.41. The van der Waals surface area contributed by atoms with Crippen LogP contribution in [0.4, 0.5) is 0 Å². The molecular weight excluding hydrogens is 246 g/mol. The number of aryl methyl sites for hydroxylation is 1. The van der Waals surface area contributed by atoms with Crippen LogP contribution in [-0.2, 0) is 9.47 Å². The highest BCUT2D eigenvalue weighted by molar-refractivity contribution is 5.42. The Morgan fingerprint density at radius 2 is 1.63 bits per heavy atom. The second-order valence-corrected chi connectivity index (χ2v) is 4.02. The summed E-state index contributed by atoms with van der Waals surface area (Å²) >= 11 is 0. The van der Waals surface area contributed by atoms with Gasteiger partial charge in [-0.1, -0.05) is 6.07 Å². The summed E-state index contributed by atoms with van der Waals surface area (Å²) in [6.07, 6.45) is 0. The number of ether oxygens (including phenoxy) is 4. The normalized spacial score (nSPS) is 10.5. The summed E-state index contributed by atoms with van der Waals surface area (Å²) in [7, 11) is 1.63. The van der Waals surface area contributed by atoms with Crippen LogP contribution in [-0.4, -0.2) is 46.7 Å². The minimum absolute atomic E-state index is 0.482. The molecule has 0 bridgehead atoms.